The van der Waals surface area contributed by atoms with Crippen molar-refractivity contribution in [2.75, 3.05) is 11.5 Å². The minimum Gasteiger partial charge on any atom is -0.384 e. The van der Waals surface area contributed by atoms with Crippen LogP contribution in [0, 0.1) is 0 Å². The normalized spacial score (nSPS) is 10.3. The lowest BCUT2D eigenvalue weighted by Crippen LogP contribution is -1.99. The second kappa shape index (κ2) is 4.23. The zero-order chi connectivity index (χ0) is 11.5. The molecule has 16 heavy (non-hydrogen) atoms. The van der Waals surface area contributed by atoms with E-state index in [2.05, 4.69) is 24.0 Å². The first-order valence-electron chi connectivity index (χ1n) is 5.32. The van der Waals surface area contributed by atoms with E-state index < -0.39 is 0 Å². The van der Waals surface area contributed by atoms with Crippen molar-refractivity contribution >= 4 is 11.6 Å². The van der Waals surface area contributed by atoms with Gasteiger partial charge in [0.15, 0.2) is 0 Å². The van der Waals surface area contributed by atoms with Crippen molar-refractivity contribution in [2.24, 2.45) is 0 Å². The number of pyridine rings is 1. The van der Waals surface area contributed by atoms with Gasteiger partial charge in [-0.15, -0.1) is 0 Å². The van der Waals surface area contributed by atoms with Crippen LogP contribution < -0.4 is 11.5 Å². The molecule has 0 radical (unpaired) electrons. The second-order valence-corrected chi connectivity index (χ2v) is 3.68. The number of nitrogen functional groups attached to an aromatic ring is 2. The van der Waals surface area contributed by atoms with Gasteiger partial charge in [0, 0.05) is 5.56 Å². The van der Waals surface area contributed by atoms with Crippen LogP contribution in [0.3, 0.4) is 0 Å². The van der Waals surface area contributed by atoms with Gasteiger partial charge in [-0.3, -0.25) is 0 Å². The molecule has 1 aromatic carbocycles. The smallest absolute Gasteiger partial charge is 0.133 e. The first-order chi connectivity index (χ1) is 7.72. The number of aromatic nitrogens is 1. The molecule has 4 N–H and O–H groups in total. The Labute approximate surface area is 95.1 Å². The van der Waals surface area contributed by atoms with E-state index in [0.29, 0.717) is 11.6 Å². The molecule has 0 aliphatic carbocycles. The Hall–Kier alpha value is -2.03. The Bertz CT molecular complexity index is 506. The molecule has 0 bridgehead atoms. The van der Waals surface area contributed by atoms with Crippen LogP contribution in [-0.4, -0.2) is 4.98 Å². The Balaban J connectivity index is 2.58. The SMILES string of the molecule is CCc1ccccc1-c1ccc(N)nc1N. The largest absolute Gasteiger partial charge is 0.384 e. The molecule has 0 saturated heterocycles. The fourth-order valence-electron chi connectivity index (χ4n) is 1.81. The second-order valence-electron chi connectivity index (χ2n) is 3.68. The minimum atomic E-state index is 0.454. The summed E-state index contributed by atoms with van der Waals surface area (Å²) in [4.78, 5) is 4.08. The molecule has 0 saturated carbocycles. The molecular formula is C13H15N3. The molecule has 0 fully saturated rings. The van der Waals surface area contributed by atoms with E-state index in [1.54, 1.807) is 6.07 Å². The van der Waals surface area contributed by atoms with Crippen molar-refractivity contribution < 1.29 is 0 Å². The molecule has 0 atom stereocenters. The van der Waals surface area contributed by atoms with E-state index in [4.69, 9.17) is 11.5 Å². The summed E-state index contributed by atoms with van der Waals surface area (Å²) >= 11 is 0. The average Bonchev–Trinajstić information content (AvgIpc) is 2.29. The van der Waals surface area contributed by atoms with Crippen LogP contribution in [-0.2, 0) is 6.42 Å². The topological polar surface area (TPSA) is 64.9 Å². The van der Waals surface area contributed by atoms with Crippen LogP contribution in [0.4, 0.5) is 11.6 Å². The fraction of sp³-hybridized carbons (Fsp3) is 0.154. The van der Waals surface area contributed by atoms with Gasteiger partial charge in [-0.1, -0.05) is 31.2 Å². The van der Waals surface area contributed by atoms with Crippen molar-refractivity contribution in [3.8, 4) is 11.1 Å². The number of hydrogen-bond acceptors (Lipinski definition) is 3. The van der Waals surface area contributed by atoms with Gasteiger partial charge >= 0.3 is 0 Å². The summed E-state index contributed by atoms with van der Waals surface area (Å²) in [5, 5.41) is 0. The summed E-state index contributed by atoms with van der Waals surface area (Å²) in [5.41, 5.74) is 14.8. The zero-order valence-electron chi connectivity index (χ0n) is 9.27. The summed E-state index contributed by atoms with van der Waals surface area (Å²) in [5.74, 6) is 0.941. The number of aryl methyl sites for hydroxylation is 1. The molecular weight excluding hydrogens is 198 g/mol. The van der Waals surface area contributed by atoms with Crippen molar-refractivity contribution in [1.29, 1.82) is 0 Å². The van der Waals surface area contributed by atoms with E-state index in [1.807, 2.05) is 18.2 Å². The average molecular weight is 213 g/mol. The lowest BCUT2D eigenvalue weighted by Gasteiger charge is -2.10. The Morgan fingerprint density at radius 2 is 1.75 bits per heavy atom. The Kier molecular flexibility index (Phi) is 2.77. The summed E-state index contributed by atoms with van der Waals surface area (Å²) in [6.07, 6.45) is 0.972. The quantitative estimate of drug-likeness (QED) is 0.805. The van der Waals surface area contributed by atoms with Gasteiger partial charge in [-0.05, 0) is 29.7 Å². The monoisotopic (exact) mass is 213 g/mol. The van der Waals surface area contributed by atoms with E-state index in [0.717, 1.165) is 17.5 Å². The maximum Gasteiger partial charge on any atom is 0.133 e. The minimum absolute atomic E-state index is 0.454. The van der Waals surface area contributed by atoms with E-state index in [9.17, 15) is 0 Å². The molecule has 0 spiro atoms. The van der Waals surface area contributed by atoms with Crippen molar-refractivity contribution in [3.63, 3.8) is 0 Å². The van der Waals surface area contributed by atoms with Crippen LogP contribution in [0.5, 0.6) is 0 Å². The number of rotatable bonds is 2. The summed E-state index contributed by atoms with van der Waals surface area (Å²) in [7, 11) is 0. The maximum atomic E-state index is 5.89. The third-order valence-corrected chi connectivity index (χ3v) is 2.63. The molecule has 3 nitrogen and oxygen atoms in total. The number of nitrogens with two attached hydrogens (primary N) is 2. The van der Waals surface area contributed by atoms with Crippen molar-refractivity contribution in [3.05, 3.63) is 42.0 Å². The number of benzene rings is 1. The first-order valence-corrected chi connectivity index (χ1v) is 5.32. The maximum absolute atomic E-state index is 5.89. The number of nitrogens with zero attached hydrogens (tertiary/aromatic N) is 1. The Morgan fingerprint density at radius 3 is 2.44 bits per heavy atom. The molecule has 2 aromatic rings. The fourth-order valence-corrected chi connectivity index (χ4v) is 1.81. The van der Waals surface area contributed by atoms with Gasteiger partial charge in [0.25, 0.3) is 0 Å². The van der Waals surface area contributed by atoms with Gasteiger partial charge in [0.05, 0.1) is 0 Å². The number of anilines is 2. The molecule has 1 heterocycles. The molecule has 0 aliphatic heterocycles. The lowest BCUT2D eigenvalue weighted by molar-refractivity contribution is 1.14. The highest BCUT2D eigenvalue weighted by atomic mass is 14.9. The highest BCUT2D eigenvalue weighted by Crippen LogP contribution is 2.28. The van der Waals surface area contributed by atoms with Gasteiger partial charge < -0.3 is 11.5 Å². The zero-order valence-corrected chi connectivity index (χ0v) is 9.27. The van der Waals surface area contributed by atoms with Crippen LogP contribution in [0.1, 0.15) is 12.5 Å². The van der Waals surface area contributed by atoms with Gasteiger partial charge in [0.2, 0.25) is 0 Å². The molecule has 0 unspecified atom stereocenters. The third-order valence-electron chi connectivity index (χ3n) is 2.63. The van der Waals surface area contributed by atoms with Gasteiger partial charge in [0.1, 0.15) is 11.6 Å². The lowest BCUT2D eigenvalue weighted by atomic mass is 9.99. The van der Waals surface area contributed by atoms with Gasteiger partial charge in [-0.2, -0.15) is 0 Å². The highest BCUT2D eigenvalue weighted by Gasteiger charge is 2.07. The molecule has 2 rings (SSSR count). The molecule has 0 aliphatic rings. The Morgan fingerprint density at radius 1 is 1.00 bits per heavy atom. The highest BCUT2D eigenvalue weighted by molar-refractivity contribution is 5.77. The molecule has 3 heteroatoms. The predicted molar refractivity (Wildman–Crippen MR) is 67.9 cm³/mol. The van der Waals surface area contributed by atoms with Crippen LogP contribution in [0.2, 0.25) is 0 Å². The third kappa shape index (κ3) is 1.84. The van der Waals surface area contributed by atoms with Crippen LogP contribution >= 0.6 is 0 Å². The molecule has 0 amide bonds. The molecule has 1 aromatic heterocycles. The van der Waals surface area contributed by atoms with Crippen LogP contribution in [0.25, 0.3) is 11.1 Å². The van der Waals surface area contributed by atoms with Gasteiger partial charge in [-0.25, -0.2) is 4.98 Å². The standard InChI is InChI=1S/C13H15N3/c1-2-9-5-3-4-6-10(9)11-7-8-12(14)16-13(11)15/h3-8H,2H2,1H3,(H4,14,15,16). The van der Waals surface area contributed by atoms with Crippen LogP contribution in [0.15, 0.2) is 36.4 Å². The predicted octanol–water partition coefficient (Wildman–Crippen LogP) is 2.48. The van der Waals surface area contributed by atoms with E-state index in [1.165, 1.54) is 5.56 Å². The summed E-state index contributed by atoms with van der Waals surface area (Å²) in [6, 6.07) is 11.9. The number of hydrogen-bond donors (Lipinski definition) is 2. The summed E-state index contributed by atoms with van der Waals surface area (Å²) in [6.45, 7) is 2.12. The van der Waals surface area contributed by atoms with Crippen molar-refractivity contribution in [1.82, 2.24) is 4.98 Å². The van der Waals surface area contributed by atoms with E-state index >= 15 is 0 Å². The van der Waals surface area contributed by atoms with E-state index in [-0.39, 0.29) is 0 Å². The molecule has 82 valence electrons. The van der Waals surface area contributed by atoms with Crippen molar-refractivity contribution in [2.45, 2.75) is 13.3 Å². The first kappa shape index (κ1) is 10.5. The summed E-state index contributed by atoms with van der Waals surface area (Å²) < 4.78 is 0.